The zero-order chi connectivity index (χ0) is 13.1. The van der Waals surface area contributed by atoms with Gasteiger partial charge >= 0.3 is 0 Å². The lowest BCUT2D eigenvalue weighted by atomic mass is 10.2. The molecule has 0 atom stereocenters. The van der Waals surface area contributed by atoms with E-state index in [1.165, 1.54) is 0 Å². The molecule has 94 valence electrons. The Hall–Kier alpha value is -1.62. The summed E-state index contributed by atoms with van der Waals surface area (Å²) < 4.78 is 1.07. The first-order valence-corrected chi connectivity index (χ1v) is 6.43. The summed E-state index contributed by atoms with van der Waals surface area (Å²) >= 11 is 3.46. The Kier molecular flexibility index (Phi) is 3.81. The molecule has 0 saturated carbocycles. The Balaban J connectivity index is 2.34. The molecule has 1 aromatic carbocycles. The molecule has 0 radical (unpaired) electrons. The zero-order valence-corrected chi connectivity index (χ0v) is 12.2. The summed E-state index contributed by atoms with van der Waals surface area (Å²) in [5.41, 5.74) is 3.21. The Bertz CT molecular complexity index is 569. The van der Waals surface area contributed by atoms with Crippen LogP contribution in [0.4, 0.5) is 17.3 Å². The Morgan fingerprint density at radius 1 is 1.11 bits per heavy atom. The second-order valence-electron chi connectivity index (χ2n) is 4.03. The molecular weight excluding hydrogens is 292 g/mol. The molecule has 5 heteroatoms. The summed E-state index contributed by atoms with van der Waals surface area (Å²) in [6.45, 7) is 4.05. The van der Waals surface area contributed by atoms with Crippen molar-refractivity contribution in [2.45, 2.75) is 13.8 Å². The lowest BCUT2D eigenvalue weighted by Crippen LogP contribution is -2.03. The summed E-state index contributed by atoms with van der Waals surface area (Å²) in [5, 5.41) is 6.38. The van der Waals surface area contributed by atoms with E-state index in [-0.39, 0.29) is 0 Å². The van der Waals surface area contributed by atoms with Crippen molar-refractivity contribution in [3.05, 3.63) is 40.1 Å². The molecule has 0 bridgehead atoms. The van der Waals surface area contributed by atoms with Crippen LogP contribution in [-0.4, -0.2) is 17.0 Å². The van der Waals surface area contributed by atoms with Crippen LogP contribution >= 0.6 is 15.9 Å². The molecule has 4 nitrogen and oxygen atoms in total. The molecule has 0 aliphatic heterocycles. The summed E-state index contributed by atoms with van der Waals surface area (Å²) in [4.78, 5) is 8.44. The topological polar surface area (TPSA) is 49.8 Å². The predicted octanol–water partition coefficient (Wildman–Crippen LogP) is 3.64. The van der Waals surface area contributed by atoms with Crippen LogP contribution in [0.25, 0.3) is 0 Å². The van der Waals surface area contributed by atoms with Gasteiger partial charge in [0.2, 0.25) is 0 Å². The average Bonchev–Trinajstić information content (AvgIpc) is 2.35. The van der Waals surface area contributed by atoms with Crippen molar-refractivity contribution >= 4 is 33.3 Å². The fourth-order valence-corrected chi connectivity index (χ4v) is 2.20. The standard InChI is InChI=1S/C13H15BrN4/c1-8-6-10(14)4-5-11(8)18-13-9(2)12(15-3)16-7-17-13/h4-7H,1-3H3,(H2,15,16,17,18). The fraction of sp³-hybridized carbons (Fsp3) is 0.231. The zero-order valence-electron chi connectivity index (χ0n) is 10.6. The highest BCUT2D eigenvalue weighted by molar-refractivity contribution is 9.10. The number of nitrogens with zero attached hydrogens (tertiary/aromatic N) is 2. The quantitative estimate of drug-likeness (QED) is 0.909. The van der Waals surface area contributed by atoms with E-state index in [0.29, 0.717) is 0 Å². The second-order valence-corrected chi connectivity index (χ2v) is 4.95. The molecule has 0 amide bonds. The van der Waals surface area contributed by atoms with E-state index in [9.17, 15) is 0 Å². The smallest absolute Gasteiger partial charge is 0.138 e. The van der Waals surface area contributed by atoms with Gasteiger partial charge in [0.25, 0.3) is 0 Å². The van der Waals surface area contributed by atoms with Crippen LogP contribution in [0, 0.1) is 13.8 Å². The number of hydrogen-bond acceptors (Lipinski definition) is 4. The van der Waals surface area contributed by atoms with Gasteiger partial charge in [0.15, 0.2) is 0 Å². The highest BCUT2D eigenvalue weighted by Gasteiger charge is 2.07. The van der Waals surface area contributed by atoms with Crippen molar-refractivity contribution in [3.8, 4) is 0 Å². The molecule has 2 aromatic rings. The average molecular weight is 307 g/mol. The number of anilines is 3. The number of halogens is 1. The van der Waals surface area contributed by atoms with Gasteiger partial charge in [-0.05, 0) is 37.6 Å². The second kappa shape index (κ2) is 5.35. The van der Waals surface area contributed by atoms with Gasteiger partial charge in [0.05, 0.1) is 0 Å². The minimum atomic E-state index is 0.819. The maximum Gasteiger partial charge on any atom is 0.138 e. The molecule has 0 spiro atoms. The van der Waals surface area contributed by atoms with E-state index in [4.69, 9.17) is 0 Å². The van der Waals surface area contributed by atoms with E-state index < -0.39 is 0 Å². The molecule has 1 heterocycles. The van der Waals surface area contributed by atoms with Gasteiger partial charge < -0.3 is 10.6 Å². The SMILES string of the molecule is CNc1ncnc(Nc2ccc(Br)cc2C)c1C. The number of aryl methyl sites for hydroxylation is 1. The molecule has 2 rings (SSSR count). The summed E-state index contributed by atoms with van der Waals surface area (Å²) in [7, 11) is 1.85. The maximum atomic E-state index is 4.27. The monoisotopic (exact) mass is 306 g/mol. The van der Waals surface area contributed by atoms with E-state index in [1.54, 1.807) is 6.33 Å². The maximum absolute atomic E-state index is 4.27. The lowest BCUT2D eigenvalue weighted by Gasteiger charge is -2.13. The van der Waals surface area contributed by atoms with Gasteiger partial charge in [-0.15, -0.1) is 0 Å². The third kappa shape index (κ3) is 2.61. The third-order valence-corrected chi connectivity index (χ3v) is 3.26. The van der Waals surface area contributed by atoms with Crippen LogP contribution in [0.5, 0.6) is 0 Å². The number of aromatic nitrogens is 2. The van der Waals surface area contributed by atoms with Gasteiger partial charge in [-0.25, -0.2) is 9.97 Å². The van der Waals surface area contributed by atoms with E-state index in [1.807, 2.05) is 26.1 Å². The highest BCUT2D eigenvalue weighted by Crippen LogP contribution is 2.26. The predicted molar refractivity (Wildman–Crippen MR) is 78.5 cm³/mol. The van der Waals surface area contributed by atoms with Crippen LogP contribution in [0.1, 0.15) is 11.1 Å². The molecule has 0 unspecified atom stereocenters. The van der Waals surface area contributed by atoms with Crippen molar-refractivity contribution in [2.75, 3.05) is 17.7 Å². The molecule has 18 heavy (non-hydrogen) atoms. The Morgan fingerprint density at radius 3 is 2.50 bits per heavy atom. The molecule has 1 aromatic heterocycles. The van der Waals surface area contributed by atoms with E-state index in [0.717, 1.165) is 32.9 Å². The number of rotatable bonds is 3. The van der Waals surface area contributed by atoms with Crippen LogP contribution in [0.3, 0.4) is 0 Å². The van der Waals surface area contributed by atoms with Gasteiger partial charge in [-0.2, -0.15) is 0 Å². The Labute approximate surface area is 115 Å². The summed E-state index contributed by atoms with van der Waals surface area (Å²) in [6.07, 6.45) is 1.55. The molecule has 0 saturated heterocycles. The van der Waals surface area contributed by atoms with Crippen LogP contribution in [0.15, 0.2) is 29.0 Å². The molecule has 2 N–H and O–H groups in total. The van der Waals surface area contributed by atoms with E-state index >= 15 is 0 Å². The first-order chi connectivity index (χ1) is 8.61. The molecular formula is C13H15BrN4. The fourth-order valence-electron chi connectivity index (χ4n) is 1.72. The highest BCUT2D eigenvalue weighted by atomic mass is 79.9. The molecule has 0 aliphatic carbocycles. The van der Waals surface area contributed by atoms with Crippen LogP contribution < -0.4 is 10.6 Å². The van der Waals surface area contributed by atoms with Crippen molar-refractivity contribution < 1.29 is 0 Å². The van der Waals surface area contributed by atoms with Crippen molar-refractivity contribution in [1.82, 2.24) is 9.97 Å². The number of benzene rings is 1. The largest absolute Gasteiger partial charge is 0.373 e. The van der Waals surface area contributed by atoms with Crippen LogP contribution in [-0.2, 0) is 0 Å². The summed E-state index contributed by atoms with van der Waals surface area (Å²) in [6, 6.07) is 6.10. The Morgan fingerprint density at radius 2 is 1.83 bits per heavy atom. The third-order valence-electron chi connectivity index (χ3n) is 2.76. The number of hydrogen-bond donors (Lipinski definition) is 2. The van der Waals surface area contributed by atoms with Crippen molar-refractivity contribution in [3.63, 3.8) is 0 Å². The lowest BCUT2D eigenvalue weighted by molar-refractivity contribution is 1.12. The van der Waals surface area contributed by atoms with Crippen LogP contribution in [0.2, 0.25) is 0 Å². The van der Waals surface area contributed by atoms with Gasteiger partial charge in [0.1, 0.15) is 18.0 Å². The minimum Gasteiger partial charge on any atom is -0.373 e. The first kappa shape index (κ1) is 12.8. The molecule has 0 aliphatic rings. The van der Waals surface area contributed by atoms with E-state index in [2.05, 4.69) is 49.5 Å². The summed E-state index contributed by atoms with van der Waals surface area (Å²) in [5.74, 6) is 1.65. The molecule has 0 fully saturated rings. The van der Waals surface area contributed by atoms with Gasteiger partial charge in [0, 0.05) is 22.8 Å². The van der Waals surface area contributed by atoms with Crippen molar-refractivity contribution in [2.24, 2.45) is 0 Å². The van der Waals surface area contributed by atoms with Crippen molar-refractivity contribution in [1.29, 1.82) is 0 Å². The van der Waals surface area contributed by atoms with Gasteiger partial charge in [-0.3, -0.25) is 0 Å². The van der Waals surface area contributed by atoms with Gasteiger partial charge in [-0.1, -0.05) is 15.9 Å². The normalized spacial score (nSPS) is 10.2. The number of nitrogens with one attached hydrogen (secondary N) is 2. The first-order valence-electron chi connectivity index (χ1n) is 5.64. The minimum absolute atomic E-state index is 0.819.